The Labute approximate surface area is 141 Å². The third kappa shape index (κ3) is 4.72. The van der Waals surface area contributed by atoms with Gasteiger partial charge in [-0.1, -0.05) is 18.2 Å². The molecule has 1 aromatic carbocycles. The second kappa shape index (κ2) is 7.55. The van der Waals surface area contributed by atoms with E-state index < -0.39 is 12.7 Å². The van der Waals surface area contributed by atoms with Crippen LogP contribution in [0.3, 0.4) is 0 Å². The van der Waals surface area contributed by atoms with Gasteiger partial charge in [0.05, 0.1) is 6.54 Å². The number of hydrogen-bond acceptors (Lipinski definition) is 2. The normalized spacial score (nSPS) is 17.3. The number of carbonyl (C=O) groups excluding carboxylic acids is 1. The maximum atomic E-state index is 13.0. The van der Waals surface area contributed by atoms with Crippen LogP contribution in [0.4, 0.5) is 18.9 Å². The summed E-state index contributed by atoms with van der Waals surface area (Å²) in [6.45, 7) is 5.63. The van der Waals surface area contributed by atoms with E-state index in [2.05, 4.69) is 0 Å². The van der Waals surface area contributed by atoms with E-state index in [1.807, 2.05) is 45.0 Å². The summed E-state index contributed by atoms with van der Waals surface area (Å²) >= 11 is 0. The van der Waals surface area contributed by atoms with Gasteiger partial charge in [-0.3, -0.25) is 9.69 Å². The maximum Gasteiger partial charge on any atom is 0.401 e. The van der Waals surface area contributed by atoms with Crippen LogP contribution in [0, 0.1) is 12.8 Å². The second-order valence-electron chi connectivity index (χ2n) is 6.75. The number of piperidine rings is 1. The van der Waals surface area contributed by atoms with Gasteiger partial charge in [0.25, 0.3) is 0 Å². The largest absolute Gasteiger partial charge is 0.401 e. The standard InChI is InChI=1S/C18H25F3N2O/c1-13(2)23(16-7-5-4-6-14(16)3)17(24)15-8-10-22(11-9-15)12-18(19,20)21/h4-7,13,15H,8-12H2,1-3H3. The van der Waals surface area contributed by atoms with E-state index in [1.54, 1.807) is 4.90 Å². The number of alkyl halides is 3. The van der Waals surface area contributed by atoms with Crippen LogP contribution in [0.25, 0.3) is 0 Å². The molecule has 1 fully saturated rings. The van der Waals surface area contributed by atoms with Gasteiger partial charge in [0.15, 0.2) is 0 Å². The summed E-state index contributed by atoms with van der Waals surface area (Å²) in [5, 5.41) is 0. The first-order valence-electron chi connectivity index (χ1n) is 8.37. The number of aryl methyl sites for hydroxylation is 1. The number of benzene rings is 1. The van der Waals surface area contributed by atoms with Gasteiger partial charge in [-0.25, -0.2) is 0 Å². The summed E-state index contributed by atoms with van der Waals surface area (Å²) in [6, 6.07) is 7.72. The molecule has 3 nitrogen and oxygen atoms in total. The van der Waals surface area contributed by atoms with Gasteiger partial charge in [-0.15, -0.1) is 0 Å². The minimum Gasteiger partial charge on any atom is -0.309 e. The SMILES string of the molecule is Cc1ccccc1N(C(=O)C1CCN(CC(F)(F)F)CC1)C(C)C. The zero-order valence-corrected chi connectivity index (χ0v) is 14.4. The van der Waals surface area contributed by atoms with Crippen LogP contribution in [0.1, 0.15) is 32.3 Å². The lowest BCUT2D eigenvalue weighted by Gasteiger charge is -2.36. The van der Waals surface area contributed by atoms with E-state index in [-0.39, 0.29) is 17.9 Å². The highest BCUT2D eigenvalue weighted by atomic mass is 19.4. The Hall–Kier alpha value is -1.56. The van der Waals surface area contributed by atoms with Gasteiger partial charge >= 0.3 is 6.18 Å². The molecule has 134 valence electrons. The highest BCUT2D eigenvalue weighted by Crippen LogP contribution is 2.28. The molecule has 0 atom stereocenters. The molecule has 0 radical (unpaired) electrons. The van der Waals surface area contributed by atoms with Crippen molar-refractivity contribution in [3.05, 3.63) is 29.8 Å². The molecule has 6 heteroatoms. The van der Waals surface area contributed by atoms with Crippen LogP contribution in [-0.2, 0) is 4.79 Å². The molecule has 0 spiro atoms. The minimum absolute atomic E-state index is 0.00630. The number of anilines is 1. The highest BCUT2D eigenvalue weighted by molar-refractivity contribution is 5.96. The Kier molecular flexibility index (Phi) is 5.91. The fourth-order valence-electron chi connectivity index (χ4n) is 3.27. The minimum atomic E-state index is -4.18. The molecule has 1 saturated heterocycles. The van der Waals surface area contributed by atoms with E-state index in [4.69, 9.17) is 0 Å². The number of likely N-dealkylation sites (tertiary alicyclic amines) is 1. The monoisotopic (exact) mass is 342 g/mol. The molecule has 0 aromatic heterocycles. The average molecular weight is 342 g/mol. The number of rotatable bonds is 4. The molecule has 0 N–H and O–H groups in total. The Morgan fingerprint density at radius 1 is 1.25 bits per heavy atom. The van der Waals surface area contributed by atoms with E-state index >= 15 is 0 Å². The van der Waals surface area contributed by atoms with Crippen molar-refractivity contribution in [2.45, 2.75) is 45.8 Å². The molecular formula is C18H25F3N2O. The van der Waals surface area contributed by atoms with Gasteiger partial charge in [0.1, 0.15) is 0 Å². The number of carbonyl (C=O) groups is 1. The summed E-state index contributed by atoms with van der Waals surface area (Å²) in [7, 11) is 0. The van der Waals surface area contributed by atoms with E-state index in [1.165, 1.54) is 4.90 Å². The number of hydrogen-bond donors (Lipinski definition) is 0. The van der Waals surface area contributed by atoms with Crippen molar-refractivity contribution in [2.75, 3.05) is 24.5 Å². The van der Waals surface area contributed by atoms with Crippen LogP contribution >= 0.6 is 0 Å². The van der Waals surface area contributed by atoms with Crippen molar-refractivity contribution in [1.82, 2.24) is 4.90 Å². The predicted octanol–water partition coefficient (Wildman–Crippen LogP) is 4.01. The molecule has 0 saturated carbocycles. The molecule has 0 unspecified atom stereocenters. The van der Waals surface area contributed by atoms with Crippen molar-refractivity contribution in [3.8, 4) is 0 Å². The summed E-state index contributed by atoms with van der Waals surface area (Å²) in [5.41, 5.74) is 1.91. The second-order valence-corrected chi connectivity index (χ2v) is 6.75. The highest BCUT2D eigenvalue weighted by Gasteiger charge is 2.35. The van der Waals surface area contributed by atoms with Crippen LogP contribution in [0.2, 0.25) is 0 Å². The summed E-state index contributed by atoms with van der Waals surface area (Å²) in [4.78, 5) is 16.1. The molecule has 1 aromatic rings. The van der Waals surface area contributed by atoms with E-state index in [0.717, 1.165) is 11.3 Å². The molecule has 1 amide bonds. The van der Waals surface area contributed by atoms with Gasteiger partial charge in [-0.2, -0.15) is 13.2 Å². The van der Waals surface area contributed by atoms with Crippen molar-refractivity contribution in [1.29, 1.82) is 0 Å². The molecule has 1 heterocycles. The van der Waals surface area contributed by atoms with Gasteiger partial charge < -0.3 is 4.90 Å². The van der Waals surface area contributed by atoms with Crippen LogP contribution < -0.4 is 4.90 Å². The fraction of sp³-hybridized carbons (Fsp3) is 0.611. The molecule has 24 heavy (non-hydrogen) atoms. The summed E-state index contributed by atoms with van der Waals surface area (Å²) < 4.78 is 37.4. The smallest absolute Gasteiger partial charge is 0.309 e. The number of para-hydroxylation sites is 1. The predicted molar refractivity (Wildman–Crippen MR) is 89.0 cm³/mol. The Morgan fingerprint density at radius 3 is 2.33 bits per heavy atom. The molecule has 1 aliphatic heterocycles. The first kappa shape index (κ1) is 18.8. The fourth-order valence-corrected chi connectivity index (χ4v) is 3.27. The average Bonchev–Trinajstić information content (AvgIpc) is 2.48. The van der Waals surface area contributed by atoms with Crippen molar-refractivity contribution >= 4 is 11.6 Å². The lowest BCUT2D eigenvalue weighted by molar-refractivity contribution is -0.149. The van der Waals surface area contributed by atoms with Gasteiger partial charge in [0, 0.05) is 17.6 Å². The summed E-state index contributed by atoms with van der Waals surface area (Å²) in [5.74, 6) is -0.192. The third-order valence-corrected chi connectivity index (χ3v) is 4.47. The third-order valence-electron chi connectivity index (χ3n) is 4.47. The lowest BCUT2D eigenvalue weighted by Crippen LogP contribution is -2.47. The van der Waals surface area contributed by atoms with Gasteiger partial charge in [-0.05, 0) is 58.3 Å². The van der Waals surface area contributed by atoms with Crippen LogP contribution in [0.15, 0.2) is 24.3 Å². The van der Waals surface area contributed by atoms with Crippen molar-refractivity contribution < 1.29 is 18.0 Å². The Morgan fingerprint density at radius 2 is 1.83 bits per heavy atom. The lowest BCUT2D eigenvalue weighted by atomic mass is 9.94. The number of nitrogens with zero attached hydrogens (tertiary/aromatic N) is 2. The number of halogens is 3. The maximum absolute atomic E-state index is 13.0. The quantitative estimate of drug-likeness (QED) is 0.825. The van der Waals surface area contributed by atoms with Crippen LogP contribution in [0.5, 0.6) is 0 Å². The first-order valence-corrected chi connectivity index (χ1v) is 8.37. The topological polar surface area (TPSA) is 23.6 Å². The number of amides is 1. The Bertz CT molecular complexity index is 564. The molecular weight excluding hydrogens is 317 g/mol. The van der Waals surface area contributed by atoms with Crippen molar-refractivity contribution in [3.63, 3.8) is 0 Å². The zero-order valence-electron chi connectivity index (χ0n) is 14.4. The molecule has 0 aliphatic carbocycles. The summed E-state index contributed by atoms with van der Waals surface area (Å²) in [6.07, 6.45) is -3.23. The Balaban J connectivity index is 2.06. The molecule has 1 aliphatic rings. The van der Waals surface area contributed by atoms with Gasteiger partial charge in [0.2, 0.25) is 5.91 Å². The first-order chi connectivity index (χ1) is 11.2. The molecule has 0 bridgehead atoms. The molecule has 2 rings (SSSR count). The van der Waals surface area contributed by atoms with E-state index in [0.29, 0.717) is 25.9 Å². The van der Waals surface area contributed by atoms with Crippen LogP contribution in [-0.4, -0.2) is 42.7 Å². The van der Waals surface area contributed by atoms with Crippen molar-refractivity contribution in [2.24, 2.45) is 5.92 Å². The zero-order chi connectivity index (χ0) is 17.9. The van der Waals surface area contributed by atoms with E-state index in [9.17, 15) is 18.0 Å².